The number of carbonyl (C=O) groups excluding carboxylic acids is 1. The highest BCUT2D eigenvalue weighted by Crippen LogP contribution is 2.24. The summed E-state index contributed by atoms with van der Waals surface area (Å²) in [4.78, 5) is 12.5. The van der Waals surface area contributed by atoms with Crippen LogP contribution in [0, 0.1) is 5.92 Å². The molecule has 138 valence electrons. The highest BCUT2D eigenvalue weighted by molar-refractivity contribution is 7.89. The zero-order valence-electron chi connectivity index (χ0n) is 14.5. The number of benzene rings is 1. The van der Waals surface area contributed by atoms with Crippen LogP contribution >= 0.6 is 0 Å². The van der Waals surface area contributed by atoms with E-state index in [0.29, 0.717) is 24.5 Å². The quantitative estimate of drug-likeness (QED) is 0.829. The van der Waals surface area contributed by atoms with E-state index in [1.54, 1.807) is 22.5 Å². The van der Waals surface area contributed by atoms with E-state index < -0.39 is 10.0 Å². The van der Waals surface area contributed by atoms with Crippen LogP contribution in [-0.4, -0.2) is 37.8 Å². The molecule has 0 radical (unpaired) electrons. The van der Waals surface area contributed by atoms with Crippen molar-refractivity contribution >= 4 is 15.9 Å². The Morgan fingerprint density at radius 1 is 1.20 bits per heavy atom. The molecular weight excluding hydrogens is 338 g/mol. The van der Waals surface area contributed by atoms with Crippen molar-refractivity contribution in [1.82, 2.24) is 9.62 Å². The monoisotopic (exact) mass is 365 g/mol. The summed E-state index contributed by atoms with van der Waals surface area (Å²) in [6.45, 7) is 1.52. The highest BCUT2D eigenvalue weighted by Gasteiger charge is 2.28. The SMILES string of the molecule is NC1CCC(C(=O)NCc2cccc(S(=O)(=O)N3CCCCC3)c2)C1. The maximum absolute atomic E-state index is 12.7. The molecule has 1 saturated heterocycles. The van der Waals surface area contributed by atoms with Gasteiger partial charge in [-0.15, -0.1) is 0 Å². The number of hydrogen-bond donors (Lipinski definition) is 2. The molecule has 6 nitrogen and oxygen atoms in total. The first-order chi connectivity index (χ1) is 12.0. The Labute approximate surface area is 149 Å². The van der Waals surface area contributed by atoms with Crippen molar-refractivity contribution in [3.8, 4) is 0 Å². The predicted molar refractivity (Wildman–Crippen MR) is 96.2 cm³/mol. The molecule has 0 aromatic heterocycles. The molecule has 2 unspecified atom stereocenters. The number of amides is 1. The van der Waals surface area contributed by atoms with Gasteiger partial charge in [-0.25, -0.2) is 8.42 Å². The molecule has 0 bridgehead atoms. The molecule has 7 heteroatoms. The number of nitrogens with zero attached hydrogens (tertiary/aromatic N) is 1. The van der Waals surface area contributed by atoms with Gasteiger partial charge in [0.25, 0.3) is 0 Å². The van der Waals surface area contributed by atoms with E-state index >= 15 is 0 Å². The summed E-state index contributed by atoms with van der Waals surface area (Å²) in [7, 11) is -3.44. The molecule has 1 aromatic rings. The number of rotatable bonds is 5. The van der Waals surface area contributed by atoms with E-state index in [4.69, 9.17) is 5.73 Å². The van der Waals surface area contributed by atoms with Gasteiger partial charge in [0.05, 0.1) is 4.90 Å². The number of carbonyl (C=O) groups is 1. The van der Waals surface area contributed by atoms with E-state index in [2.05, 4.69) is 5.32 Å². The fraction of sp³-hybridized carbons (Fsp3) is 0.611. The lowest BCUT2D eigenvalue weighted by atomic mass is 10.1. The minimum absolute atomic E-state index is 0.0113. The van der Waals surface area contributed by atoms with Crippen LogP contribution in [0.4, 0.5) is 0 Å². The van der Waals surface area contributed by atoms with Gasteiger partial charge in [-0.1, -0.05) is 18.6 Å². The van der Waals surface area contributed by atoms with E-state index in [0.717, 1.165) is 44.1 Å². The number of piperidine rings is 1. The summed E-state index contributed by atoms with van der Waals surface area (Å²) in [5.41, 5.74) is 6.66. The largest absolute Gasteiger partial charge is 0.352 e. The Balaban J connectivity index is 1.64. The van der Waals surface area contributed by atoms with Gasteiger partial charge in [0, 0.05) is 31.6 Å². The summed E-state index contributed by atoms with van der Waals surface area (Å²) in [5, 5.41) is 2.92. The van der Waals surface area contributed by atoms with Gasteiger partial charge >= 0.3 is 0 Å². The van der Waals surface area contributed by atoms with Gasteiger partial charge in [0.2, 0.25) is 15.9 Å². The fourth-order valence-electron chi connectivity index (χ4n) is 3.66. The summed E-state index contributed by atoms with van der Waals surface area (Å²) < 4.78 is 27.1. The van der Waals surface area contributed by atoms with Gasteiger partial charge in [-0.05, 0) is 49.8 Å². The van der Waals surface area contributed by atoms with E-state index in [1.165, 1.54) is 0 Å². The van der Waals surface area contributed by atoms with Crippen molar-refractivity contribution in [2.45, 2.75) is 56.0 Å². The molecule has 2 fully saturated rings. The van der Waals surface area contributed by atoms with Gasteiger partial charge in [0.15, 0.2) is 0 Å². The molecular formula is C18H27N3O3S. The maximum atomic E-state index is 12.7. The Hall–Kier alpha value is -1.44. The van der Waals surface area contributed by atoms with Crippen LogP contribution in [-0.2, 0) is 21.4 Å². The molecule has 3 rings (SSSR count). The number of nitrogens with one attached hydrogen (secondary N) is 1. The van der Waals surface area contributed by atoms with Crippen molar-refractivity contribution in [2.75, 3.05) is 13.1 Å². The summed E-state index contributed by atoms with van der Waals surface area (Å²) in [6, 6.07) is 7.00. The van der Waals surface area contributed by atoms with Crippen LogP contribution in [0.5, 0.6) is 0 Å². The number of sulfonamides is 1. The van der Waals surface area contributed by atoms with Crippen LogP contribution in [0.2, 0.25) is 0 Å². The number of hydrogen-bond acceptors (Lipinski definition) is 4. The third kappa shape index (κ3) is 4.40. The molecule has 1 aromatic carbocycles. The molecule has 25 heavy (non-hydrogen) atoms. The lowest BCUT2D eigenvalue weighted by Gasteiger charge is -2.26. The lowest BCUT2D eigenvalue weighted by Crippen LogP contribution is -2.35. The van der Waals surface area contributed by atoms with E-state index in [-0.39, 0.29) is 17.9 Å². The molecule has 1 amide bonds. The second kappa shape index (κ2) is 7.85. The van der Waals surface area contributed by atoms with Crippen molar-refractivity contribution in [1.29, 1.82) is 0 Å². The lowest BCUT2D eigenvalue weighted by molar-refractivity contribution is -0.125. The zero-order chi connectivity index (χ0) is 17.9. The third-order valence-corrected chi connectivity index (χ3v) is 7.06. The first-order valence-electron chi connectivity index (χ1n) is 9.09. The van der Waals surface area contributed by atoms with Crippen LogP contribution in [0.15, 0.2) is 29.2 Å². The van der Waals surface area contributed by atoms with Crippen LogP contribution in [0.3, 0.4) is 0 Å². The molecule has 2 atom stereocenters. The number of nitrogens with two attached hydrogens (primary N) is 1. The molecule has 1 saturated carbocycles. The van der Waals surface area contributed by atoms with Crippen molar-refractivity contribution in [3.63, 3.8) is 0 Å². The Morgan fingerprint density at radius 2 is 1.96 bits per heavy atom. The van der Waals surface area contributed by atoms with Gasteiger partial charge in [-0.3, -0.25) is 4.79 Å². The first kappa shape index (κ1) is 18.4. The van der Waals surface area contributed by atoms with Gasteiger partial charge in [-0.2, -0.15) is 4.31 Å². The smallest absolute Gasteiger partial charge is 0.243 e. The van der Waals surface area contributed by atoms with Crippen molar-refractivity contribution < 1.29 is 13.2 Å². The second-order valence-corrected chi connectivity index (χ2v) is 9.04. The Bertz CT molecular complexity index is 714. The van der Waals surface area contributed by atoms with Crippen molar-refractivity contribution in [3.05, 3.63) is 29.8 Å². The zero-order valence-corrected chi connectivity index (χ0v) is 15.3. The Morgan fingerprint density at radius 3 is 2.64 bits per heavy atom. The average molecular weight is 365 g/mol. The van der Waals surface area contributed by atoms with E-state index in [1.807, 2.05) is 6.07 Å². The molecule has 1 heterocycles. The topological polar surface area (TPSA) is 92.5 Å². The average Bonchev–Trinajstić information content (AvgIpc) is 3.07. The Kier molecular flexibility index (Phi) is 5.76. The summed E-state index contributed by atoms with van der Waals surface area (Å²) in [6.07, 6.45) is 5.37. The fourth-order valence-corrected chi connectivity index (χ4v) is 5.25. The summed E-state index contributed by atoms with van der Waals surface area (Å²) >= 11 is 0. The van der Waals surface area contributed by atoms with Crippen LogP contribution < -0.4 is 11.1 Å². The van der Waals surface area contributed by atoms with Gasteiger partial charge in [0.1, 0.15) is 0 Å². The third-order valence-electron chi connectivity index (χ3n) is 5.16. The molecule has 1 aliphatic heterocycles. The van der Waals surface area contributed by atoms with Crippen LogP contribution in [0.1, 0.15) is 44.1 Å². The molecule has 1 aliphatic carbocycles. The van der Waals surface area contributed by atoms with Crippen molar-refractivity contribution in [2.24, 2.45) is 11.7 Å². The standard InChI is InChI=1S/C18H27N3O3S/c19-16-8-7-15(12-16)18(22)20-13-14-5-4-6-17(11-14)25(23,24)21-9-2-1-3-10-21/h4-6,11,15-16H,1-3,7-10,12-13,19H2,(H,20,22). The minimum atomic E-state index is -3.44. The second-order valence-electron chi connectivity index (χ2n) is 7.10. The van der Waals surface area contributed by atoms with Crippen LogP contribution in [0.25, 0.3) is 0 Å². The normalized spacial score (nSPS) is 25.0. The molecule has 3 N–H and O–H groups in total. The molecule has 0 spiro atoms. The maximum Gasteiger partial charge on any atom is 0.243 e. The first-order valence-corrected chi connectivity index (χ1v) is 10.5. The minimum Gasteiger partial charge on any atom is -0.352 e. The predicted octanol–water partition coefficient (Wildman–Crippen LogP) is 1.60. The van der Waals surface area contributed by atoms with Gasteiger partial charge < -0.3 is 11.1 Å². The summed E-state index contributed by atoms with van der Waals surface area (Å²) in [5.74, 6) is -0.00694. The molecule has 2 aliphatic rings. The van der Waals surface area contributed by atoms with E-state index in [9.17, 15) is 13.2 Å². The highest BCUT2D eigenvalue weighted by atomic mass is 32.2.